The van der Waals surface area contributed by atoms with E-state index in [0.717, 1.165) is 23.4 Å². The highest BCUT2D eigenvalue weighted by Gasteiger charge is 2.40. The smallest absolute Gasteiger partial charge is 0.323 e. The van der Waals surface area contributed by atoms with Crippen molar-refractivity contribution in [3.8, 4) is 16.9 Å². The number of para-hydroxylation sites is 1. The van der Waals surface area contributed by atoms with E-state index in [2.05, 4.69) is 20.4 Å². The normalized spacial score (nSPS) is 18.3. The van der Waals surface area contributed by atoms with Crippen LogP contribution >= 0.6 is 0 Å². The van der Waals surface area contributed by atoms with E-state index in [1.807, 2.05) is 47.4 Å². The maximum Gasteiger partial charge on any atom is 0.323 e. The standard InChI is InChI=1S/C34H34F2N10O2/c1-42(2)34(48)44-15-7-14-43(3)33(47)29-17-22(40-30-11-6-9-26(41-30)23-8-4-5-10-27(23)44)19-45(29)31-24-18-39-46(32(24)38-20-37-31)28-13-12-21(35)16-25(28)36/h4-6,8-13,16,18,20,22,29H,7,14-15,17,19H2,1-3H3,(H,40,41)/t22-,29-/m0/s1. The number of nitrogens with zero attached hydrogens (tertiary/aromatic N) is 9. The largest absolute Gasteiger partial charge is 0.365 e. The Kier molecular flexibility index (Phi) is 8.07. The van der Waals surface area contributed by atoms with E-state index in [9.17, 15) is 18.4 Å². The summed E-state index contributed by atoms with van der Waals surface area (Å²) in [4.78, 5) is 48.4. The molecule has 5 aromatic rings. The number of halogens is 2. The number of urea groups is 1. The first kappa shape index (κ1) is 31.0. The third kappa shape index (κ3) is 5.63. The zero-order chi connectivity index (χ0) is 33.5. The number of benzene rings is 2. The van der Waals surface area contributed by atoms with Crippen LogP contribution in [0.25, 0.3) is 28.0 Å². The van der Waals surface area contributed by atoms with Crippen molar-refractivity contribution >= 4 is 40.3 Å². The van der Waals surface area contributed by atoms with E-state index < -0.39 is 17.7 Å². The summed E-state index contributed by atoms with van der Waals surface area (Å²) >= 11 is 0. The zero-order valence-electron chi connectivity index (χ0n) is 26.7. The van der Waals surface area contributed by atoms with Crippen LogP contribution < -0.4 is 15.1 Å². The number of hydrogen-bond donors (Lipinski definition) is 1. The molecule has 48 heavy (non-hydrogen) atoms. The second kappa shape index (κ2) is 12.5. The third-order valence-corrected chi connectivity index (χ3v) is 8.78. The molecule has 246 valence electrons. The summed E-state index contributed by atoms with van der Waals surface area (Å²) in [7, 11) is 5.20. The van der Waals surface area contributed by atoms with Crippen molar-refractivity contribution in [2.24, 2.45) is 0 Å². The van der Waals surface area contributed by atoms with Crippen LogP contribution in [-0.2, 0) is 4.79 Å². The fourth-order valence-corrected chi connectivity index (χ4v) is 6.49. The van der Waals surface area contributed by atoms with Crippen molar-refractivity contribution < 1.29 is 18.4 Å². The van der Waals surface area contributed by atoms with E-state index in [-0.39, 0.29) is 23.7 Å². The maximum absolute atomic E-state index is 14.8. The summed E-state index contributed by atoms with van der Waals surface area (Å²) in [5, 5.41) is 8.41. The Labute approximate surface area is 275 Å². The SMILES string of the molecule is CN(C)C(=O)N1CCCN(C)C(=O)[C@@H]2C[C@@H](CN2c2ncnc3c2cnn3-c2ccc(F)cc2F)Nc2cccc(n2)-c2ccccc21. The van der Waals surface area contributed by atoms with Crippen LogP contribution in [0, 0.1) is 11.6 Å². The quantitative estimate of drug-likeness (QED) is 0.295. The molecule has 1 saturated heterocycles. The minimum atomic E-state index is -0.781. The molecule has 3 amide bonds. The topological polar surface area (TPSA) is 116 Å². The van der Waals surface area contributed by atoms with Gasteiger partial charge in [-0.2, -0.15) is 5.10 Å². The van der Waals surface area contributed by atoms with Gasteiger partial charge in [0.25, 0.3) is 0 Å². The molecule has 0 aliphatic carbocycles. The summed E-state index contributed by atoms with van der Waals surface area (Å²) in [6.07, 6.45) is 3.88. The molecule has 2 aliphatic heterocycles. The van der Waals surface area contributed by atoms with Gasteiger partial charge in [-0.25, -0.2) is 33.2 Å². The van der Waals surface area contributed by atoms with E-state index >= 15 is 0 Å². The van der Waals surface area contributed by atoms with Gasteiger partial charge in [-0.15, -0.1) is 0 Å². The summed E-state index contributed by atoms with van der Waals surface area (Å²) in [6, 6.07) is 15.7. The van der Waals surface area contributed by atoms with Crippen LogP contribution in [0.15, 0.2) is 73.2 Å². The first-order valence-corrected chi connectivity index (χ1v) is 15.7. The van der Waals surface area contributed by atoms with Gasteiger partial charge in [-0.3, -0.25) is 9.69 Å². The van der Waals surface area contributed by atoms with E-state index in [4.69, 9.17) is 4.98 Å². The molecule has 1 N–H and O–H groups in total. The molecule has 0 unspecified atom stereocenters. The Morgan fingerprint density at radius 2 is 1.83 bits per heavy atom. The van der Waals surface area contributed by atoms with Crippen molar-refractivity contribution in [3.63, 3.8) is 0 Å². The molecule has 7 rings (SSSR count). The third-order valence-electron chi connectivity index (χ3n) is 8.78. The Morgan fingerprint density at radius 1 is 1.00 bits per heavy atom. The Morgan fingerprint density at radius 3 is 2.65 bits per heavy atom. The molecular weight excluding hydrogens is 618 g/mol. The minimum absolute atomic E-state index is 0.0418. The highest BCUT2D eigenvalue weighted by atomic mass is 19.1. The van der Waals surface area contributed by atoms with Gasteiger partial charge in [0, 0.05) is 58.4 Å². The van der Waals surface area contributed by atoms with E-state index in [0.29, 0.717) is 60.8 Å². The molecule has 3 aromatic heterocycles. The lowest BCUT2D eigenvalue weighted by Crippen LogP contribution is -2.46. The molecule has 14 heteroatoms. The number of aromatic nitrogens is 5. The first-order valence-electron chi connectivity index (χ1n) is 15.7. The summed E-state index contributed by atoms with van der Waals surface area (Å²) in [5.41, 5.74) is 2.63. The number of carbonyl (C=O) groups excluding carboxylic acids is 2. The van der Waals surface area contributed by atoms with Gasteiger partial charge in [0.1, 0.15) is 35.5 Å². The Bertz CT molecular complexity index is 2020. The lowest BCUT2D eigenvalue weighted by Gasteiger charge is -2.31. The van der Waals surface area contributed by atoms with E-state index in [1.165, 1.54) is 28.2 Å². The van der Waals surface area contributed by atoms with Crippen molar-refractivity contribution in [1.82, 2.24) is 34.5 Å². The number of anilines is 3. The van der Waals surface area contributed by atoms with Gasteiger partial charge in [0.2, 0.25) is 5.91 Å². The van der Waals surface area contributed by atoms with Crippen LogP contribution in [0.2, 0.25) is 0 Å². The number of nitrogens with one attached hydrogen (secondary N) is 1. The zero-order valence-corrected chi connectivity index (χ0v) is 26.7. The number of carbonyl (C=O) groups is 2. The molecule has 0 spiro atoms. The number of rotatable bonds is 2. The number of pyridine rings is 1. The number of fused-ring (bicyclic) bond motifs is 7. The molecule has 2 aromatic carbocycles. The monoisotopic (exact) mass is 652 g/mol. The average Bonchev–Trinajstić information content (AvgIpc) is 3.70. The average molecular weight is 653 g/mol. The predicted molar refractivity (Wildman–Crippen MR) is 178 cm³/mol. The van der Waals surface area contributed by atoms with Crippen molar-refractivity contribution in [3.05, 3.63) is 84.8 Å². The summed E-state index contributed by atoms with van der Waals surface area (Å²) in [5.74, 6) is -0.482. The van der Waals surface area contributed by atoms with Gasteiger partial charge in [0.05, 0.1) is 23.0 Å². The number of amides is 3. The van der Waals surface area contributed by atoms with Crippen LogP contribution in [0.3, 0.4) is 0 Å². The molecule has 12 nitrogen and oxygen atoms in total. The highest BCUT2D eigenvalue weighted by molar-refractivity contribution is 5.96. The summed E-state index contributed by atoms with van der Waals surface area (Å²) < 4.78 is 29.7. The van der Waals surface area contributed by atoms with Gasteiger partial charge >= 0.3 is 6.03 Å². The van der Waals surface area contributed by atoms with Gasteiger partial charge in [-0.1, -0.05) is 24.3 Å². The van der Waals surface area contributed by atoms with Crippen LogP contribution in [0.5, 0.6) is 0 Å². The molecular formula is C34H34F2N10O2. The van der Waals surface area contributed by atoms with Crippen LogP contribution in [0.1, 0.15) is 12.8 Å². The van der Waals surface area contributed by atoms with Crippen molar-refractivity contribution in [2.75, 3.05) is 55.9 Å². The second-order valence-corrected chi connectivity index (χ2v) is 12.2. The van der Waals surface area contributed by atoms with Crippen LogP contribution in [0.4, 0.5) is 30.9 Å². The fraction of sp³-hybridized carbons (Fsp3) is 0.294. The van der Waals surface area contributed by atoms with Gasteiger partial charge in [0.15, 0.2) is 11.5 Å². The van der Waals surface area contributed by atoms with Crippen molar-refractivity contribution in [1.29, 1.82) is 0 Å². The van der Waals surface area contributed by atoms with Gasteiger partial charge in [-0.05, 0) is 43.2 Å². The fourth-order valence-electron chi connectivity index (χ4n) is 6.49. The Balaban J connectivity index is 1.28. The molecule has 2 atom stereocenters. The molecule has 2 aliphatic rings. The Hall–Kier alpha value is -5.66. The number of likely N-dealkylation sites (N-methyl/N-ethyl adjacent to an activating group) is 1. The molecule has 0 saturated carbocycles. The van der Waals surface area contributed by atoms with E-state index in [1.54, 1.807) is 30.9 Å². The summed E-state index contributed by atoms with van der Waals surface area (Å²) in [6.45, 7) is 1.21. The maximum atomic E-state index is 14.8. The predicted octanol–water partition coefficient (Wildman–Crippen LogP) is 4.57. The number of hydrogen-bond acceptors (Lipinski definition) is 8. The molecule has 0 radical (unpaired) electrons. The first-order chi connectivity index (χ1) is 23.2. The molecule has 4 bridgehead atoms. The van der Waals surface area contributed by atoms with Crippen LogP contribution in [-0.4, -0.2) is 99.3 Å². The minimum Gasteiger partial charge on any atom is -0.365 e. The van der Waals surface area contributed by atoms with Crippen molar-refractivity contribution in [2.45, 2.75) is 24.9 Å². The van der Waals surface area contributed by atoms with Gasteiger partial charge < -0.3 is 20.0 Å². The second-order valence-electron chi connectivity index (χ2n) is 12.2. The lowest BCUT2D eigenvalue weighted by atomic mass is 10.1. The lowest BCUT2D eigenvalue weighted by molar-refractivity contribution is -0.131. The molecule has 5 heterocycles. The molecule has 1 fully saturated rings. The highest BCUT2D eigenvalue weighted by Crippen LogP contribution is 2.35.